The summed E-state index contributed by atoms with van der Waals surface area (Å²) >= 11 is 0. The average Bonchev–Trinajstić information content (AvgIpc) is 3.41. The molecule has 2 aromatic carbocycles. The van der Waals surface area contributed by atoms with Crippen molar-refractivity contribution in [2.45, 2.75) is 39.0 Å². The van der Waals surface area contributed by atoms with Crippen molar-refractivity contribution in [3.05, 3.63) is 66.2 Å². The lowest BCUT2D eigenvalue weighted by atomic mass is 10.1. The molecule has 3 unspecified atom stereocenters. The maximum absolute atomic E-state index is 13.7. The number of ether oxygens (including phenoxy) is 3. The maximum Gasteiger partial charge on any atom is 0.241 e. The van der Waals surface area contributed by atoms with Crippen LogP contribution in [0.1, 0.15) is 38.3 Å². The van der Waals surface area contributed by atoms with E-state index in [4.69, 9.17) is 14.2 Å². The Morgan fingerprint density at radius 3 is 2.10 bits per heavy atom. The summed E-state index contributed by atoms with van der Waals surface area (Å²) in [5.74, 6) is 2.30. The molecule has 0 aliphatic rings. The Morgan fingerprint density at radius 2 is 1.56 bits per heavy atom. The van der Waals surface area contributed by atoms with E-state index < -0.39 is 22.3 Å². The molecule has 0 fully saturated rings. The molecule has 0 bridgehead atoms. The molecule has 0 spiro atoms. The molecule has 0 radical (unpaired) electrons. The third-order valence-electron chi connectivity index (χ3n) is 6.81. The minimum atomic E-state index is -1.67. The molecule has 0 saturated heterocycles. The normalized spacial score (nSPS) is 13.3. The fourth-order valence-electron chi connectivity index (χ4n) is 4.56. The maximum atomic E-state index is 13.7. The number of rotatable bonds is 13. The zero-order chi connectivity index (χ0) is 29.5. The van der Waals surface area contributed by atoms with Gasteiger partial charge in [0.05, 0.1) is 19.5 Å². The van der Waals surface area contributed by atoms with Crippen molar-refractivity contribution in [2.75, 3.05) is 44.0 Å². The summed E-state index contributed by atoms with van der Waals surface area (Å²) in [7, 11) is 3.04. The molecule has 2 aromatic heterocycles. The van der Waals surface area contributed by atoms with Crippen LogP contribution in [-0.4, -0.2) is 68.6 Å². The minimum absolute atomic E-state index is 0.250. The quantitative estimate of drug-likeness (QED) is 0.240. The smallest absolute Gasteiger partial charge is 0.241 e. The molecule has 3 atom stereocenters. The van der Waals surface area contributed by atoms with Gasteiger partial charge in [-0.2, -0.15) is 0 Å². The molecule has 4 rings (SSSR count). The fraction of sp³-hybridized carbons (Fsp3) is 0.379. The Balaban J connectivity index is 1.78. The van der Waals surface area contributed by atoms with Gasteiger partial charge in [0, 0.05) is 43.8 Å². The molecule has 0 saturated carbocycles. The highest BCUT2D eigenvalue weighted by molar-refractivity contribution is 7.87. The molecule has 2 heterocycles. The molecule has 4 aromatic rings. The van der Waals surface area contributed by atoms with Crippen LogP contribution < -0.4 is 19.1 Å². The number of aryl methyl sites for hydroxylation is 1. The van der Waals surface area contributed by atoms with E-state index in [2.05, 4.69) is 55.8 Å². The van der Waals surface area contributed by atoms with Crippen LogP contribution in [0.3, 0.4) is 0 Å². The molecule has 218 valence electrons. The number of anilines is 2. The Hall–Kier alpha value is -4.03. The third kappa shape index (κ3) is 6.33. The van der Waals surface area contributed by atoms with Crippen LogP contribution in [0.2, 0.25) is 0 Å². The van der Waals surface area contributed by atoms with Crippen molar-refractivity contribution in [2.24, 2.45) is 0 Å². The van der Waals surface area contributed by atoms with Gasteiger partial charge >= 0.3 is 0 Å². The number of methoxy groups -OCH3 is 3. The van der Waals surface area contributed by atoms with Gasteiger partial charge in [0.15, 0.2) is 11.6 Å². The van der Waals surface area contributed by atoms with Gasteiger partial charge < -0.3 is 19.1 Å². The first-order valence-corrected chi connectivity index (χ1v) is 14.6. The van der Waals surface area contributed by atoms with Crippen LogP contribution in [0, 0.1) is 6.92 Å². The number of aromatic nitrogens is 5. The highest BCUT2D eigenvalue weighted by Crippen LogP contribution is 2.38. The first-order chi connectivity index (χ1) is 19.9. The van der Waals surface area contributed by atoms with Gasteiger partial charge in [0.1, 0.15) is 34.3 Å². The van der Waals surface area contributed by atoms with Gasteiger partial charge in [0.25, 0.3) is 0 Å². The van der Waals surface area contributed by atoms with Crippen molar-refractivity contribution >= 4 is 22.6 Å². The molecule has 0 aliphatic carbocycles. The number of benzene rings is 2. The Labute approximate surface area is 243 Å². The first-order valence-electron chi connectivity index (χ1n) is 13.4. The summed E-state index contributed by atoms with van der Waals surface area (Å²) in [6.07, 6.45) is 2.80. The predicted molar refractivity (Wildman–Crippen MR) is 161 cm³/mol. The van der Waals surface area contributed by atoms with Crippen molar-refractivity contribution in [3.63, 3.8) is 0 Å². The minimum Gasteiger partial charge on any atom is -0.494 e. The van der Waals surface area contributed by atoms with E-state index in [1.165, 1.54) is 0 Å². The third-order valence-corrected chi connectivity index (χ3v) is 8.11. The van der Waals surface area contributed by atoms with E-state index >= 15 is 0 Å². The summed E-state index contributed by atoms with van der Waals surface area (Å²) in [6, 6.07) is 13.6. The van der Waals surface area contributed by atoms with Gasteiger partial charge in [-0.1, -0.05) is 6.07 Å². The van der Waals surface area contributed by atoms with Crippen molar-refractivity contribution in [1.82, 2.24) is 24.7 Å². The Kier molecular flexibility index (Phi) is 9.90. The molecule has 0 aliphatic heterocycles. The van der Waals surface area contributed by atoms with E-state index in [1.54, 1.807) is 45.2 Å². The van der Waals surface area contributed by atoms with Gasteiger partial charge in [-0.3, -0.25) is 9.29 Å². The highest BCUT2D eigenvalue weighted by Gasteiger charge is 2.30. The van der Waals surface area contributed by atoms with Crippen LogP contribution in [0.4, 0.5) is 11.6 Å². The molecule has 11 nitrogen and oxygen atoms in total. The van der Waals surface area contributed by atoms with Gasteiger partial charge in [-0.15, -0.1) is 10.2 Å². The van der Waals surface area contributed by atoms with E-state index in [-0.39, 0.29) is 5.95 Å². The molecule has 0 amide bonds. The van der Waals surface area contributed by atoms with E-state index in [0.29, 0.717) is 28.8 Å². The van der Waals surface area contributed by atoms with Crippen molar-refractivity contribution in [3.8, 4) is 28.6 Å². The van der Waals surface area contributed by atoms with Gasteiger partial charge in [-0.25, -0.2) is 14.2 Å². The zero-order valence-electron chi connectivity index (χ0n) is 24.5. The summed E-state index contributed by atoms with van der Waals surface area (Å²) < 4.78 is 35.6. The molecule has 12 heteroatoms. The second-order valence-corrected chi connectivity index (χ2v) is 10.8. The largest absolute Gasteiger partial charge is 0.494 e. The summed E-state index contributed by atoms with van der Waals surface area (Å²) in [6.45, 7) is 9.76. The Morgan fingerprint density at radius 1 is 0.951 bits per heavy atom. The zero-order valence-corrected chi connectivity index (χ0v) is 25.3. The number of hydrogen-bond donors (Lipinski definition) is 1. The fourth-order valence-corrected chi connectivity index (χ4v) is 5.52. The molecule has 1 N–H and O–H groups in total. The van der Waals surface area contributed by atoms with Crippen LogP contribution >= 0.6 is 0 Å². The second-order valence-electron chi connectivity index (χ2n) is 9.29. The van der Waals surface area contributed by atoms with Crippen LogP contribution in [0.5, 0.6) is 11.5 Å². The summed E-state index contributed by atoms with van der Waals surface area (Å²) in [5, 5.41) is 8.39. The standard InChI is InChI=1S/C29H37N7O4S/c1-8-35(9-2)22-15-13-21(14-16-22)28-32-33-29(36(28)25-23(38-5)11-10-12-24(25)39-6)34-41(37)20(4)26(40-7)27-30-17-19(3)18-31-27/h10-18,20,26H,8-9H2,1-7H3,(H,33,34). The highest BCUT2D eigenvalue weighted by atomic mass is 32.2. The average molecular weight is 580 g/mol. The first kappa shape index (κ1) is 29.9. The predicted octanol–water partition coefficient (Wildman–Crippen LogP) is 4.75. The molecular weight excluding hydrogens is 542 g/mol. The second kappa shape index (κ2) is 13.6. The summed E-state index contributed by atoms with van der Waals surface area (Å²) in [4.78, 5) is 11.0. The Bertz CT molecular complexity index is 1440. The van der Waals surface area contributed by atoms with Gasteiger partial charge in [-0.05, 0) is 69.7 Å². The number of hydrogen-bond acceptors (Lipinski definition) is 9. The van der Waals surface area contributed by atoms with E-state index in [1.807, 2.05) is 37.3 Å². The molecule has 41 heavy (non-hydrogen) atoms. The summed E-state index contributed by atoms with van der Waals surface area (Å²) in [5.41, 5.74) is 3.42. The van der Waals surface area contributed by atoms with E-state index in [9.17, 15) is 4.21 Å². The number of para-hydroxylation sites is 1. The van der Waals surface area contributed by atoms with Crippen LogP contribution in [-0.2, 0) is 15.7 Å². The number of nitrogens with zero attached hydrogens (tertiary/aromatic N) is 6. The lowest BCUT2D eigenvalue weighted by Crippen LogP contribution is -2.28. The monoisotopic (exact) mass is 579 g/mol. The van der Waals surface area contributed by atoms with Crippen LogP contribution in [0.25, 0.3) is 17.1 Å². The van der Waals surface area contributed by atoms with Gasteiger partial charge in [0.2, 0.25) is 5.95 Å². The van der Waals surface area contributed by atoms with Crippen molar-refractivity contribution < 1.29 is 18.4 Å². The SMILES string of the molecule is CCN(CC)c1ccc(-c2nnc(NS(=O)C(C)C(OC)c3ncc(C)cn3)n2-c2c(OC)cccc2OC)cc1. The lowest BCUT2D eigenvalue weighted by Gasteiger charge is -2.22. The lowest BCUT2D eigenvalue weighted by molar-refractivity contribution is 0.0961. The van der Waals surface area contributed by atoms with Crippen molar-refractivity contribution in [1.29, 1.82) is 0 Å². The van der Waals surface area contributed by atoms with E-state index in [0.717, 1.165) is 29.9 Å². The topological polar surface area (TPSA) is 117 Å². The number of nitrogens with one attached hydrogen (secondary N) is 1. The molecular formula is C29H37N7O4S. The van der Waals surface area contributed by atoms with Crippen LogP contribution in [0.15, 0.2) is 54.9 Å².